The summed E-state index contributed by atoms with van der Waals surface area (Å²) in [5.74, 6) is 1.33. The summed E-state index contributed by atoms with van der Waals surface area (Å²) in [6.45, 7) is 6.63. The number of hydrogen-bond donors (Lipinski definition) is 1. The molecule has 0 radical (unpaired) electrons. The van der Waals surface area contributed by atoms with Crippen molar-refractivity contribution in [2.75, 3.05) is 11.9 Å². The van der Waals surface area contributed by atoms with Crippen molar-refractivity contribution in [1.29, 1.82) is 0 Å². The first-order chi connectivity index (χ1) is 8.69. The molecule has 0 bridgehead atoms. The lowest BCUT2D eigenvalue weighted by atomic mass is 10.3. The molecule has 0 aliphatic carbocycles. The van der Waals surface area contributed by atoms with Gasteiger partial charge < -0.3 is 10.1 Å². The normalized spacial score (nSPS) is 12.2. The molecule has 2 heterocycles. The molecule has 2 rings (SSSR count). The summed E-state index contributed by atoms with van der Waals surface area (Å²) in [4.78, 5) is 13.8. The number of rotatable bonds is 5. The molecule has 6 heteroatoms. The van der Waals surface area contributed by atoms with Gasteiger partial charge in [0, 0.05) is 17.1 Å². The van der Waals surface area contributed by atoms with Crippen LogP contribution in [0.5, 0.6) is 5.88 Å². The molecule has 0 saturated carbocycles. The molecular weight excluding hydrogens is 248 g/mol. The second-order valence-electron chi connectivity index (χ2n) is 3.85. The molecule has 2 aromatic rings. The van der Waals surface area contributed by atoms with Crippen LogP contribution >= 0.6 is 11.3 Å². The van der Waals surface area contributed by atoms with Crippen molar-refractivity contribution in [3.63, 3.8) is 0 Å². The number of aromatic nitrogens is 3. The maximum Gasteiger partial charge on any atom is 0.218 e. The highest BCUT2D eigenvalue weighted by Crippen LogP contribution is 2.23. The van der Waals surface area contributed by atoms with Crippen LogP contribution in [0.15, 0.2) is 18.6 Å². The molecule has 0 aromatic carbocycles. The van der Waals surface area contributed by atoms with E-state index in [9.17, 15) is 0 Å². The predicted octanol–water partition coefficient (Wildman–Crippen LogP) is 2.81. The molecule has 18 heavy (non-hydrogen) atoms. The van der Waals surface area contributed by atoms with Crippen molar-refractivity contribution in [3.8, 4) is 5.88 Å². The molecule has 1 unspecified atom stereocenters. The zero-order valence-corrected chi connectivity index (χ0v) is 11.5. The molecule has 0 aliphatic rings. The van der Waals surface area contributed by atoms with Crippen molar-refractivity contribution in [3.05, 3.63) is 28.5 Å². The molecule has 0 amide bonds. The van der Waals surface area contributed by atoms with Crippen LogP contribution in [0, 0.1) is 6.92 Å². The first kappa shape index (κ1) is 12.8. The third-order valence-corrected chi connectivity index (χ3v) is 3.40. The van der Waals surface area contributed by atoms with E-state index in [4.69, 9.17) is 4.74 Å². The van der Waals surface area contributed by atoms with Gasteiger partial charge in [0.1, 0.15) is 17.2 Å². The van der Waals surface area contributed by atoms with Gasteiger partial charge in [0.15, 0.2) is 0 Å². The zero-order chi connectivity index (χ0) is 13.0. The summed E-state index contributed by atoms with van der Waals surface area (Å²) < 4.78 is 5.33. The third kappa shape index (κ3) is 3.16. The Balaban J connectivity index is 2.06. The molecule has 1 N–H and O–H groups in total. The van der Waals surface area contributed by atoms with Crippen molar-refractivity contribution < 1.29 is 4.74 Å². The van der Waals surface area contributed by atoms with Crippen molar-refractivity contribution >= 4 is 17.2 Å². The molecule has 0 aliphatic heterocycles. The third-order valence-electron chi connectivity index (χ3n) is 2.31. The van der Waals surface area contributed by atoms with Crippen molar-refractivity contribution in [2.45, 2.75) is 26.8 Å². The molecule has 2 aromatic heterocycles. The van der Waals surface area contributed by atoms with Gasteiger partial charge in [-0.3, -0.25) is 0 Å². The number of anilines is 1. The van der Waals surface area contributed by atoms with E-state index < -0.39 is 0 Å². The van der Waals surface area contributed by atoms with E-state index in [1.807, 2.05) is 20.0 Å². The first-order valence-corrected chi connectivity index (χ1v) is 6.64. The summed E-state index contributed by atoms with van der Waals surface area (Å²) in [6.07, 6.45) is 3.37. The van der Waals surface area contributed by atoms with Gasteiger partial charge in [-0.25, -0.2) is 15.0 Å². The van der Waals surface area contributed by atoms with Crippen LogP contribution in [0.2, 0.25) is 0 Å². The Bertz CT molecular complexity index is 514. The zero-order valence-electron chi connectivity index (χ0n) is 10.7. The number of thiazole rings is 1. The van der Waals surface area contributed by atoms with Crippen molar-refractivity contribution in [2.24, 2.45) is 0 Å². The van der Waals surface area contributed by atoms with E-state index in [2.05, 4.69) is 27.2 Å². The smallest absolute Gasteiger partial charge is 0.218 e. The fraction of sp³-hybridized carbons (Fsp3) is 0.417. The van der Waals surface area contributed by atoms with Gasteiger partial charge in [-0.05, 0) is 20.8 Å². The lowest BCUT2D eigenvalue weighted by Crippen LogP contribution is -2.08. The van der Waals surface area contributed by atoms with Crippen LogP contribution in [-0.2, 0) is 0 Å². The van der Waals surface area contributed by atoms with E-state index in [0.29, 0.717) is 12.5 Å². The Morgan fingerprint density at radius 2 is 2.22 bits per heavy atom. The fourth-order valence-electron chi connectivity index (χ4n) is 1.50. The van der Waals surface area contributed by atoms with E-state index in [1.165, 1.54) is 11.2 Å². The number of nitrogens with one attached hydrogen (secondary N) is 1. The largest absolute Gasteiger partial charge is 0.478 e. The van der Waals surface area contributed by atoms with Gasteiger partial charge >= 0.3 is 0 Å². The van der Waals surface area contributed by atoms with Crippen molar-refractivity contribution in [1.82, 2.24) is 15.0 Å². The number of nitrogens with zero attached hydrogens (tertiary/aromatic N) is 3. The summed E-state index contributed by atoms with van der Waals surface area (Å²) in [6, 6.07) is 1.91. The molecule has 0 fully saturated rings. The summed E-state index contributed by atoms with van der Waals surface area (Å²) >= 11 is 1.68. The standard InChI is InChI=1S/C12H16N4OS/c1-4-17-11-5-10(14-7-15-11)16-9(3)12-13-6-8(2)18-12/h5-7,9H,4H2,1-3H3,(H,14,15,16). The Labute approximate surface area is 110 Å². The summed E-state index contributed by atoms with van der Waals surface area (Å²) in [5, 5.41) is 4.33. The van der Waals surface area contributed by atoms with Gasteiger partial charge in [-0.2, -0.15) is 0 Å². The maximum absolute atomic E-state index is 5.33. The predicted molar refractivity (Wildman–Crippen MR) is 72.1 cm³/mol. The second-order valence-corrected chi connectivity index (χ2v) is 5.12. The maximum atomic E-state index is 5.33. The summed E-state index contributed by atoms with van der Waals surface area (Å²) in [7, 11) is 0. The van der Waals surface area contributed by atoms with E-state index in [-0.39, 0.29) is 6.04 Å². The van der Waals surface area contributed by atoms with Gasteiger partial charge in [0.05, 0.1) is 12.6 Å². The first-order valence-electron chi connectivity index (χ1n) is 5.82. The molecule has 0 saturated heterocycles. The lowest BCUT2D eigenvalue weighted by Gasteiger charge is -2.12. The Morgan fingerprint density at radius 1 is 1.39 bits per heavy atom. The Hall–Kier alpha value is -1.69. The van der Waals surface area contributed by atoms with Gasteiger partial charge in [-0.15, -0.1) is 11.3 Å². The van der Waals surface area contributed by atoms with Crippen LogP contribution in [-0.4, -0.2) is 21.6 Å². The fourth-order valence-corrected chi connectivity index (χ4v) is 2.28. The van der Waals surface area contributed by atoms with Crippen LogP contribution in [0.1, 0.15) is 29.8 Å². The lowest BCUT2D eigenvalue weighted by molar-refractivity contribution is 0.326. The van der Waals surface area contributed by atoms with Gasteiger partial charge in [0.25, 0.3) is 0 Å². The quantitative estimate of drug-likeness (QED) is 0.899. The van der Waals surface area contributed by atoms with Crippen LogP contribution in [0.3, 0.4) is 0 Å². The topological polar surface area (TPSA) is 59.9 Å². The average Bonchev–Trinajstić information content (AvgIpc) is 2.77. The highest BCUT2D eigenvalue weighted by atomic mass is 32.1. The molecule has 96 valence electrons. The number of ether oxygens (including phenoxy) is 1. The number of aryl methyl sites for hydroxylation is 1. The molecule has 0 spiro atoms. The molecule has 1 atom stereocenters. The van der Waals surface area contributed by atoms with Crippen LogP contribution < -0.4 is 10.1 Å². The van der Waals surface area contributed by atoms with E-state index in [0.717, 1.165) is 10.8 Å². The van der Waals surface area contributed by atoms with E-state index in [1.54, 1.807) is 17.4 Å². The average molecular weight is 264 g/mol. The number of hydrogen-bond acceptors (Lipinski definition) is 6. The molecular formula is C12H16N4OS. The second kappa shape index (κ2) is 5.77. The highest BCUT2D eigenvalue weighted by Gasteiger charge is 2.10. The molecule has 5 nitrogen and oxygen atoms in total. The minimum absolute atomic E-state index is 0.119. The monoisotopic (exact) mass is 264 g/mol. The van der Waals surface area contributed by atoms with Crippen LogP contribution in [0.4, 0.5) is 5.82 Å². The van der Waals surface area contributed by atoms with E-state index >= 15 is 0 Å². The highest BCUT2D eigenvalue weighted by molar-refractivity contribution is 7.11. The Kier molecular flexibility index (Phi) is 4.09. The minimum atomic E-state index is 0.119. The van der Waals surface area contributed by atoms with Gasteiger partial charge in [0.2, 0.25) is 5.88 Å². The van der Waals surface area contributed by atoms with Crippen LogP contribution in [0.25, 0.3) is 0 Å². The summed E-state index contributed by atoms with van der Waals surface area (Å²) in [5.41, 5.74) is 0. The Morgan fingerprint density at radius 3 is 2.89 bits per heavy atom. The van der Waals surface area contributed by atoms with Gasteiger partial charge in [-0.1, -0.05) is 0 Å². The minimum Gasteiger partial charge on any atom is -0.478 e. The SMILES string of the molecule is CCOc1cc(NC(C)c2ncc(C)s2)ncn1.